The molecule has 0 aliphatic rings. The second-order valence-corrected chi connectivity index (χ2v) is 8.83. The summed E-state index contributed by atoms with van der Waals surface area (Å²) in [5, 5.41) is 5.80. The van der Waals surface area contributed by atoms with Crippen LogP contribution in [0.1, 0.15) is 57.2 Å². The lowest BCUT2D eigenvalue weighted by Crippen LogP contribution is -2.13. The smallest absolute Gasteiger partial charge is 0.340 e. The van der Waals surface area contributed by atoms with E-state index in [9.17, 15) is 13.2 Å². The van der Waals surface area contributed by atoms with Crippen LogP contribution in [0.2, 0.25) is 0 Å². The summed E-state index contributed by atoms with van der Waals surface area (Å²) >= 11 is 0. The van der Waals surface area contributed by atoms with E-state index in [2.05, 4.69) is 48.3 Å². The minimum absolute atomic E-state index is 0.0479. The minimum atomic E-state index is -4.58. The van der Waals surface area contributed by atoms with E-state index in [0.717, 1.165) is 31.0 Å². The molecule has 0 aliphatic carbocycles. The molecule has 2 aromatic carbocycles. The highest BCUT2D eigenvalue weighted by Gasteiger charge is 2.35. The first kappa shape index (κ1) is 23.6. The van der Waals surface area contributed by atoms with Gasteiger partial charge in [-0.15, -0.1) is 0 Å². The lowest BCUT2D eigenvalue weighted by Gasteiger charge is -2.20. The highest BCUT2D eigenvalue weighted by Crippen LogP contribution is 2.35. The summed E-state index contributed by atoms with van der Waals surface area (Å²) in [6.45, 7) is 8.38. The van der Waals surface area contributed by atoms with Crippen molar-refractivity contribution in [3.8, 4) is 0 Å². The number of unbranched alkanes of at least 4 members (excludes halogenated alkanes) is 1. The number of rotatable bonds is 7. The predicted octanol–water partition coefficient (Wildman–Crippen LogP) is 7.62. The number of hydrogen-bond acceptors (Lipinski definition) is 4. The Bertz CT molecular complexity index is 1020. The number of alkyl halides is 3. The third kappa shape index (κ3) is 6.22. The first-order valence-corrected chi connectivity index (χ1v) is 10.7. The average Bonchev–Trinajstić information content (AvgIpc) is 2.72. The average molecular weight is 443 g/mol. The van der Waals surface area contributed by atoms with E-state index >= 15 is 0 Å². The number of nitrogens with zero attached hydrogens (tertiary/aromatic N) is 2. The van der Waals surface area contributed by atoms with Crippen molar-refractivity contribution >= 4 is 23.1 Å². The van der Waals surface area contributed by atoms with Crippen LogP contribution in [-0.2, 0) is 18.0 Å². The van der Waals surface area contributed by atoms with E-state index in [1.165, 1.54) is 5.56 Å². The third-order valence-electron chi connectivity index (χ3n) is 5.14. The Morgan fingerprint density at radius 2 is 1.44 bits per heavy atom. The van der Waals surface area contributed by atoms with Crippen LogP contribution in [0.5, 0.6) is 0 Å². The van der Waals surface area contributed by atoms with Crippen LogP contribution in [-0.4, -0.2) is 9.97 Å². The van der Waals surface area contributed by atoms with E-state index < -0.39 is 11.7 Å². The number of benzene rings is 2. The topological polar surface area (TPSA) is 49.8 Å². The van der Waals surface area contributed by atoms with Crippen LogP contribution in [0.25, 0.3) is 0 Å². The normalized spacial score (nSPS) is 12.0. The summed E-state index contributed by atoms with van der Waals surface area (Å²) in [5.74, 6) is -0.203. The summed E-state index contributed by atoms with van der Waals surface area (Å²) < 4.78 is 40.6. The highest BCUT2D eigenvalue weighted by molar-refractivity contribution is 5.63. The Kier molecular flexibility index (Phi) is 7.06. The van der Waals surface area contributed by atoms with Crippen molar-refractivity contribution in [2.24, 2.45) is 0 Å². The van der Waals surface area contributed by atoms with Gasteiger partial charge in [0.05, 0.1) is 0 Å². The molecule has 0 bridgehead atoms. The zero-order chi connectivity index (χ0) is 23.4. The molecule has 1 aromatic heterocycles. The monoisotopic (exact) mass is 442 g/mol. The van der Waals surface area contributed by atoms with Crippen LogP contribution in [0.4, 0.5) is 36.3 Å². The Morgan fingerprint density at radius 3 is 2.00 bits per heavy atom. The summed E-state index contributed by atoms with van der Waals surface area (Å²) in [6.07, 6.45) is -0.547. The Balaban J connectivity index is 1.83. The first-order valence-electron chi connectivity index (χ1n) is 10.7. The van der Waals surface area contributed by atoms with Crippen LogP contribution in [0.3, 0.4) is 0 Å². The fourth-order valence-electron chi connectivity index (χ4n) is 3.20. The van der Waals surface area contributed by atoms with Gasteiger partial charge in [-0.05, 0) is 53.6 Å². The van der Waals surface area contributed by atoms with Gasteiger partial charge in [-0.2, -0.15) is 18.2 Å². The zero-order valence-corrected chi connectivity index (χ0v) is 18.8. The number of halogens is 3. The molecule has 0 radical (unpaired) electrons. The quantitative estimate of drug-likeness (QED) is 0.395. The van der Waals surface area contributed by atoms with Gasteiger partial charge in [0.2, 0.25) is 5.95 Å². The van der Waals surface area contributed by atoms with E-state index in [1.807, 2.05) is 36.4 Å². The number of nitrogens with one attached hydrogen (secondary N) is 2. The van der Waals surface area contributed by atoms with Crippen molar-refractivity contribution in [3.63, 3.8) is 0 Å². The molecule has 0 fully saturated rings. The lowest BCUT2D eigenvalue weighted by molar-refractivity contribution is -0.137. The van der Waals surface area contributed by atoms with E-state index in [0.29, 0.717) is 11.4 Å². The molecular formula is C25H29F3N4. The van der Waals surface area contributed by atoms with Crippen molar-refractivity contribution in [2.75, 3.05) is 10.6 Å². The van der Waals surface area contributed by atoms with Crippen molar-refractivity contribution < 1.29 is 13.2 Å². The number of hydrogen-bond donors (Lipinski definition) is 2. The van der Waals surface area contributed by atoms with Crippen molar-refractivity contribution in [3.05, 3.63) is 71.4 Å². The van der Waals surface area contributed by atoms with Crippen molar-refractivity contribution in [2.45, 2.75) is 58.5 Å². The molecule has 0 amide bonds. The standard InChI is InChI=1S/C25H29F3N4/c1-5-6-7-17-8-12-20(13-9-17)31-23-29-16-21(25(26,27)28)22(32-23)30-19-14-10-18(11-15-19)24(2,3)4/h8-16H,5-7H2,1-4H3,(H2,29,30,31,32). The van der Waals surface area contributed by atoms with E-state index in [-0.39, 0.29) is 17.2 Å². The van der Waals surface area contributed by atoms with E-state index in [4.69, 9.17) is 0 Å². The molecule has 0 saturated carbocycles. The van der Waals surface area contributed by atoms with Crippen LogP contribution in [0.15, 0.2) is 54.7 Å². The summed E-state index contributed by atoms with van der Waals surface area (Å²) in [5.41, 5.74) is 2.57. The van der Waals surface area contributed by atoms with Crippen molar-refractivity contribution in [1.29, 1.82) is 0 Å². The first-order chi connectivity index (χ1) is 15.1. The van der Waals surface area contributed by atoms with Crippen molar-refractivity contribution in [1.82, 2.24) is 9.97 Å². The molecule has 3 rings (SSSR count). The maximum Gasteiger partial charge on any atom is 0.421 e. The van der Waals surface area contributed by atoms with Gasteiger partial charge in [-0.1, -0.05) is 58.4 Å². The largest absolute Gasteiger partial charge is 0.421 e. The number of aryl methyl sites for hydroxylation is 1. The van der Waals surface area contributed by atoms with Gasteiger partial charge >= 0.3 is 6.18 Å². The second kappa shape index (κ2) is 9.59. The highest BCUT2D eigenvalue weighted by atomic mass is 19.4. The third-order valence-corrected chi connectivity index (χ3v) is 5.14. The summed E-state index contributed by atoms with van der Waals surface area (Å²) in [6, 6.07) is 15.1. The maximum atomic E-state index is 13.5. The van der Waals surface area contributed by atoms with Gasteiger partial charge in [-0.3, -0.25) is 0 Å². The molecule has 170 valence electrons. The molecule has 0 spiro atoms. The Hall–Kier alpha value is -3.09. The summed E-state index contributed by atoms with van der Waals surface area (Å²) in [7, 11) is 0. The number of anilines is 4. The zero-order valence-electron chi connectivity index (χ0n) is 18.8. The van der Waals surface area contributed by atoms with Gasteiger partial charge in [-0.25, -0.2) is 4.98 Å². The molecule has 0 aliphatic heterocycles. The molecule has 1 heterocycles. The maximum absolute atomic E-state index is 13.5. The van der Waals surface area contributed by atoms with Crippen LogP contribution in [0, 0.1) is 0 Å². The SMILES string of the molecule is CCCCc1ccc(Nc2ncc(C(F)(F)F)c(Nc3ccc(C(C)(C)C)cc3)n2)cc1. The molecule has 0 atom stereocenters. The molecule has 4 nitrogen and oxygen atoms in total. The predicted molar refractivity (Wildman–Crippen MR) is 124 cm³/mol. The lowest BCUT2D eigenvalue weighted by atomic mass is 9.87. The summed E-state index contributed by atoms with van der Waals surface area (Å²) in [4.78, 5) is 8.00. The van der Waals surface area contributed by atoms with E-state index in [1.54, 1.807) is 12.1 Å². The van der Waals surface area contributed by atoms with Gasteiger partial charge in [0.15, 0.2) is 0 Å². The molecule has 0 unspecified atom stereocenters. The molecule has 0 saturated heterocycles. The minimum Gasteiger partial charge on any atom is -0.340 e. The molecular weight excluding hydrogens is 413 g/mol. The number of aromatic nitrogens is 2. The van der Waals surface area contributed by atoms with Crippen LogP contribution < -0.4 is 10.6 Å². The molecule has 2 N–H and O–H groups in total. The second-order valence-electron chi connectivity index (χ2n) is 8.83. The molecule has 7 heteroatoms. The van der Waals surface area contributed by atoms with Gasteiger partial charge < -0.3 is 10.6 Å². The van der Waals surface area contributed by atoms with Crippen LogP contribution >= 0.6 is 0 Å². The Morgan fingerprint density at radius 1 is 0.844 bits per heavy atom. The fourth-order valence-corrected chi connectivity index (χ4v) is 3.20. The van der Waals surface area contributed by atoms with Gasteiger partial charge in [0, 0.05) is 17.6 Å². The fraction of sp³-hybridized carbons (Fsp3) is 0.360. The van der Waals surface area contributed by atoms with Gasteiger partial charge in [0.25, 0.3) is 0 Å². The van der Waals surface area contributed by atoms with Gasteiger partial charge in [0.1, 0.15) is 11.4 Å². The Labute approximate surface area is 187 Å². The molecule has 3 aromatic rings. The molecule has 32 heavy (non-hydrogen) atoms.